The van der Waals surface area contributed by atoms with Crippen molar-refractivity contribution in [1.29, 1.82) is 0 Å². The molecule has 3 nitrogen and oxygen atoms in total. The zero-order valence-electron chi connectivity index (χ0n) is 11.1. The molecule has 106 valence electrons. The number of nitrogens with two attached hydrogens (primary N) is 1. The fourth-order valence-electron chi connectivity index (χ4n) is 2.13. The maximum Gasteiger partial charge on any atom is 0.307 e. The lowest BCUT2D eigenvalue weighted by Gasteiger charge is -2.24. The summed E-state index contributed by atoms with van der Waals surface area (Å²) in [6, 6.07) is 5.52. The molecular formula is C14H19Cl2NO2. The minimum atomic E-state index is -0.848. The van der Waals surface area contributed by atoms with Crippen LogP contribution in [0.5, 0.6) is 0 Å². The fourth-order valence-corrected chi connectivity index (χ4v) is 2.61. The summed E-state index contributed by atoms with van der Waals surface area (Å²) in [4.78, 5) is 11.0. The number of rotatable bonds is 6. The van der Waals surface area contributed by atoms with Crippen LogP contribution in [0.15, 0.2) is 18.2 Å². The first-order chi connectivity index (χ1) is 8.88. The zero-order valence-corrected chi connectivity index (χ0v) is 12.6. The van der Waals surface area contributed by atoms with E-state index in [9.17, 15) is 4.79 Å². The molecule has 0 spiro atoms. The van der Waals surface area contributed by atoms with E-state index >= 15 is 0 Å². The van der Waals surface area contributed by atoms with Gasteiger partial charge in [0.2, 0.25) is 0 Å². The molecule has 1 aromatic carbocycles. The second-order valence-corrected chi connectivity index (χ2v) is 5.70. The highest BCUT2D eigenvalue weighted by atomic mass is 35.5. The van der Waals surface area contributed by atoms with Gasteiger partial charge in [0.15, 0.2) is 0 Å². The van der Waals surface area contributed by atoms with Crippen LogP contribution < -0.4 is 5.73 Å². The summed E-state index contributed by atoms with van der Waals surface area (Å²) < 4.78 is 0. The molecule has 0 aromatic heterocycles. The average Bonchev–Trinajstić information content (AvgIpc) is 2.37. The monoisotopic (exact) mass is 303 g/mol. The molecule has 3 unspecified atom stereocenters. The first-order valence-electron chi connectivity index (χ1n) is 6.25. The molecule has 5 heteroatoms. The highest BCUT2D eigenvalue weighted by Crippen LogP contribution is 2.36. The van der Waals surface area contributed by atoms with Gasteiger partial charge in [0.25, 0.3) is 0 Å². The van der Waals surface area contributed by atoms with Crippen molar-refractivity contribution in [2.24, 2.45) is 17.6 Å². The normalized spacial score (nSPS) is 15.8. The molecule has 1 aromatic rings. The van der Waals surface area contributed by atoms with Crippen molar-refractivity contribution < 1.29 is 9.90 Å². The minimum Gasteiger partial charge on any atom is -0.481 e. The van der Waals surface area contributed by atoms with E-state index in [0.29, 0.717) is 16.5 Å². The van der Waals surface area contributed by atoms with Gasteiger partial charge in [0.1, 0.15) is 0 Å². The number of aliphatic carboxylic acids is 1. The molecule has 0 aliphatic carbocycles. The fraction of sp³-hybridized carbons (Fsp3) is 0.500. The average molecular weight is 304 g/mol. The van der Waals surface area contributed by atoms with Crippen LogP contribution >= 0.6 is 23.2 Å². The molecule has 0 bridgehead atoms. The lowest BCUT2D eigenvalue weighted by molar-refractivity contribution is -0.142. The maximum absolute atomic E-state index is 11.0. The predicted molar refractivity (Wildman–Crippen MR) is 78.8 cm³/mol. The van der Waals surface area contributed by atoms with Gasteiger partial charge in [-0.1, -0.05) is 49.2 Å². The van der Waals surface area contributed by atoms with Crippen LogP contribution in [0.25, 0.3) is 0 Å². The third kappa shape index (κ3) is 4.10. The molecule has 19 heavy (non-hydrogen) atoms. The first kappa shape index (κ1) is 16.3. The number of carbonyl (C=O) groups is 1. The van der Waals surface area contributed by atoms with Crippen molar-refractivity contribution in [3.8, 4) is 0 Å². The molecule has 0 aliphatic heterocycles. The van der Waals surface area contributed by atoms with Crippen LogP contribution in [-0.4, -0.2) is 17.6 Å². The van der Waals surface area contributed by atoms with Crippen molar-refractivity contribution in [3.63, 3.8) is 0 Å². The van der Waals surface area contributed by atoms with Crippen LogP contribution in [-0.2, 0) is 4.79 Å². The largest absolute Gasteiger partial charge is 0.481 e. The number of carboxylic acid groups (broad SMARTS) is 1. The van der Waals surface area contributed by atoms with Gasteiger partial charge < -0.3 is 10.8 Å². The molecule has 0 radical (unpaired) electrons. The Morgan fingerprint density at radius 2 is 2.00 bits per heavy atom. The van der Waals surface area contributed by atoms with Gasteiger partial charge in [-0.15, -0.1) is 0 Å². The van der Waals surface area contributed by atoms with E-state index in [2.05, 4.69) is 0 Å². The highest BCUT2D eigenvalue weighted by Gasteiger charge is 2.24. The van der Waals surface area contributed by atoms with Gasteiger partial charge >= 0.3 is 5.97 Å². The third-order valence-corrected chi connectivity index (χ3v) is 4.45. The Morgan fingerprint density at radius 1 is 1.37 bits per heavy atom. The lowest BCUT2D eigenvalue weighted by Crippen LogP contribution is -2.26. The number of carboxylic acids is 1. The summed E-state index contributed by atoms with van der Waals surface area (Å²) >= 11 is 12.2. The van der Waals surface area contributed by atoms with Gasteiger partial charge in [-0.2, -0.15) is 0 Å². The van der Waals surface area contributed by atoms with Gasteiger partial charge in [0.05, 0.1) is 16.0 Å². The van der Waals surface area contributed by atoms with E-state index in [-0.39, 0.29) is 18.4 Å². The summed E-state index contributed by atoms with van der Waals surface area (Å²) in [5.74, 6) is -1.09. The summed E-state index contributed by atoms with van der Waals surface area (Å²) in [7, 11) is 0. The van der Waals surface area contributed by atoms with E-state index in [4.69, 9.17) is 34.0 Å². The Kier molecular flexibility index (Phi) is 6.11. The molecule has 3 N–H and O–H groups in total. The second-order valence-electron chi connectivity index (χ2n) is 4.92. The maximum atomic E-state index is 11.0. The number of hydrogen-bond acceptors (Lipinski definition) is 2. The van der Waals surface area contributed by atoms with Crippen LogP contribution in [0, 0.1) is 11.8 Å². The van der Waals surface area contributed by atoms with Gasteiger partial charge in [-0.25, -0.2) is 0 Å². The Hall–Kier alpha value is -0.770. The van der Waals surface area contributed by atoms with E-state index in [1.807, 2.05) is 26.0 Å². The van der Waals surface area contributed by atoms with Gasteiger partial charge in [0, 0.05) is 6.54 Å². The Balaban J connectivity index is 2.84. The number of hydrogen-bond donors (Lipinski definition) is 2. The predicted octanol–water partition coefficient (Wildman–Crippen LogP) is 3.78. The van der Waals surface area contributed by atoms with Crippen molar-refractivity contribution in [2.45, 2.75) is 26.2 Å². The Bertz CT molecular complexity index is 451. The van der Waals surface area contributed by atoms with Crippen molar-refractivity contribution in [2.75, 3.05) is 6.54 Å². The van der Waals surface area contributed by atoms with Crippen LogP contribution in [0.4, 0.5) is 0 Å². The Morgan fingerprint density at radius 3 is 2.53 bits per heavy atom. The second kappa shape index (κ2) is 7.13. The SMILES string of the molecule is CC(CC(CN)C(=O)O)C(C)c1cccc(Cl)c1Cl. The smallest absolute Gasteiger partial charge is 0.307 e. The summed E-state index contributed by atoms with van der Waals surface area (Å²) in [6.07, 6.45) is 0.524. The molecule has 0 heterocycles. The number of benzene rings is 1. The standard InChI is InChI=1S/C14H19Cl2NO2/c1-8(6-10(7-17)14(18)19)9(2)11-4-3-5-12(15)13(11)16/h3-5,8-10H,6-7,17H2,1-2H3,(H,18,19). The number of halogens is 2. The quantitative estimate of drug-likeness (QED) is 0.840. The molecule has 0 saturated heterocycles. The molecule has 0 fully saturated rings. The van der Waals surface area contributed by atoms with Gasteiger partial charge in [-0.3, -0.25) is 4.79 Å². The van der Waals surface area contributed by atoms with Crippen molar-refractivity contribution >= 4 is 29.2 Å². The topological polar surface area (TPSA) is 63.3 Å². The van der Waals surface area contributed by atoms with E-state index in [0.717, 1.165) is 5.56 Å². The third-order valence-electron chi connectivity index (χ3n) is 3.62. The van der Waals surface area contributed by atoms with Crippen LogP contribution in [0.3, 0.4) is 0 Å². The van der Waals surface area contributed by atoms with E-state index in [1.54, 1.807) is 6.07 Å². The van der Waals surface area contributed by atoms with Crippen molar-refractivity contribution in [3.05, 3.63) is 33.8 Å². The summed E-state index contributed by atoms with van der Waals surface area (Å²) in [5, 5.41) is 10.1. The minimum absolute atomic E-state index is 0.125. The molecule has 0 aliphatic rings. The lowest BCUT2D eigenvalue weighted by atomic mass is 9.83. The van der Waals surface area contributed by atoms with Crippen LogP contribution in [0.2, 0.25) is 10.0 Å². The molecule has 0 amide bonds. The first-order valence-corrected chi connectivity index (χ1v) is 7.00. The molecule has 1 rings (SSSR count). The van der Waals surface area contributed by atoms with Crippen molar-refractivity contribution in [1.82, 2.24) is 0 Å². The highest BCUT2D eigenvalue weighted by molar-refractivity contribution is 6.42. The molecule has 0 saturated carbocycles. The van der Waals surface area contributed by atoms with Gasteiger partial charge in [-0.05, 0) is 29.9 Å². The van der Waals surface area contributed by atoms with Crippen LogP contribution in [0.1, 0.15) is 31.7 Å². The van der Waals surface area contributed by atoms with E-state index in [1.165, 1.54) is 0 Å². The summed E-state index contributed by atoms with van der Waals surface area (Å²) in [5.41, 5.74) is 6.43. The summed E-state index contributed by atoms with van der Waals surface area (Å²) in [6.45, 7) is 4.18. The molecule has 3 atom stereocenters. The Labute approximate surface area is 123 Å². The zero-order chi connectivity index (χ0) is 14.6. The molecular weight excluding hydrogens is 285 g/mol. The van der Waals surface area contributed by atoms with E-state index < -0.39 is 11.9 Å².